The molecule has 1 aromatic rings. The van der Waals surface area contributed by atoms with Crippen LogP contribution in [0.5, 0.6) is 0 Å². The molecule has 1 N–H and O–H groups in total. The minimum atomic E-state index is -0.300. The summed E-state index contributed by atoms with van der Waals surface area (Å²) < 4.78 is 0. The van der Waals surface area contributed by atoms with Gasteiger partial charge >= 0.3 is 0 Å². The summed E-state index contributed by atoms with van der Waals surface area (Å²) in [6, 6.07) is 9.31. The van der Waals surface area contributed by atoms with Crippen LogP contribution in [0.3, 0.4) is 0 Å². The van der Waals surface area contributed by atoms with Crippen molar-refractivity contribution < 1.29 is 9.59 Å². The molecule has 1 amide bonds. The Kier molecular flexibility index (Phi) is 3.18. The topological polar surface area (TPSA) is 49.4 Å². The number of rotatable bonds is 1. The summed E-state index contributed by atoms with van der Waals surface area (Å²) in [7, 11) is 0. The number of amides is 1. The molecule has 4 rings (SSSR count). The average Bonchev–Trinajstić information content (AvgIpc) is 3.17. The summed E-state index contributed by atoms with van der Waals surface area (Å²) >= 11 is 0. The first-order chi connectivity index (χ1) is 11.4. The normalized spacial score (nSPS) is 33.9. The van der Waals surface area contributed by atoms with E-state index in [0.717, 1.165) is 24.2 Å². The molecular formula is C20H24N2O2. The second kappa shape index (κ2) is 4.95. The van der Waals surface area contributed by atoms with Crippen LogP contribution < -0.4 is 5.32 Å². The van der Waals surface area contributed by atoms with E-state index in [9.17, 15) is 9.59 Å². The van der Waals surface area contributed by atoms with E-state index >= 15 is 0 Å². The van der Waals surface area contributed by atoms with Crippen molar-refractivity contribution in [3.05, 3.63) is 47.3 Å². The van der Waals surface area contributed by atoms with E-state index < -0.39 is 0 Å². The zero-order valence-corrected chi connectivity index (χ0v) is 14.6. The Labute approximate surface area is 142 Å². The van der Waals surface area contributed by atoms with Crippen LogP contribution in [0, 0.1) is 16.7 Å². The Hall–Kier alpha value is -2.10. The molecule has 4 nitrogen and oxygen atoms in total. The number of Topliss-reactive ketones (excluding diaryl/α,β-unsaturated/α-hetero) is 1. The lowest BCUT2D eigenvalue weighted by molar-refractivity contribution is -0.125. The van der Waals surface area contributed by atoms with Gasteiger partial charge in [-0.3, -0.25) is 14.5 Å². The second-order valence-corrected chi connectivity index (χ2v) is 7.99. The van der Waals surface area contributed by atoms with Gasteiger partial charge in [0.15, 0.2) is 5.78 Å². The first-order valence-corrected chi connectivity index (χ1v) is 8.78. The molecule has 0 aromatic heterocycles. The van der Waals surface area contributed by atoms with Gasteiger partial charge in [-0.05, 0) is 36.3 Å². The largest absolute Gasteiger partial charge is 0.369 e. The van der Waals surface area contributed by atoms with Gasteiger partial charge in [-0.1, -0.05) is 39.0 Å². The molecule has 126 valence electrons. The Morgan fingerprint density at radius 1 is 1.21 bits per heavy atom. The molecule has 0 radical (unpaired) electrons. The summed E-state index contributed by atoms with van der Waals surface area (Å²) in [5.41, 5.74) is 1.18. The fourth-order valence-corrected chi connectivity index (χ4v) is 4.81. The number of hydrogen-bond donors (Lipinski definition) is 1. The molecule has 1 saturated heterocycles. The highest BCUT2D eigenvalue weighted by molar-refractivity contribution is 6.06. The van der Waals surface area contributed by atoms with E-state index in [1.807, 2.05) is 30.3 Å². The zero-order valence-electron chi connectivity index (χ0n) is 14.6. The molecule has 1 heterocycles. The van der Waals surface area contributed by atoms with Gasteiger partial charge in [-0.2, -0.15) is 0 Å². The molecule has 1 aliphatic heterocycles. The number of allylic oxidation sites excluding steroid dienone is 1. The van der Waals surface area contributed by atoms with Crippen molar-refractivity contribution in [1.82, 2.24) is 10.2 Å². The maximum atomic E-state index is 13.2. The quantitative estimate of drug-likeness (QED) is 0.808. The lowest BCUT2D eigenvalue weighted by Gasteiger charge is -2.31. The van der Waals surface area contributed by atoms with Gasteiger partial charge in [0.25, 0.3) is 5.91 Å². The van der Waals surface area contributed by atoms with Crippen molar-refractivity contribution in [3.8, 4) is 0 Å². The van der Waals surface area contributed by atoms with Crippen molar-refractivity contribution in [3.63, 3.8) is 0 Å². The van der Waals surface area contributed by atoms with Crippen LogP contribution in [0.25, 0.3) is 0 Å². The fraction of sp³-hybridized carbons (Fsp3) is 0.500. The number of nitrogens with zero attached hydrogens (tertiary/aromatic N) is 1. The number of fused-ring (bicyclic) bond motifs is 2. The monoisotopic (exact) mass is 324 g/mol. The van der Waals surface area contributed by atoms with Gasteiger partial charge in [0.1, 0.15) is 5.82 Å². The standard InChI is InChI=1S/C20H24N2O2/c1-19(2)14-9-10-20(19,3)16(23)15(14)17-21-11-12-22(17)18(24)13-7-5-4-6-8-13/h4-8,14,21H,9-12H2,1-3H3/b17-15+. The third-order valence-corrected chi connectivity index (χ3v) is 6.74. The van der Waals surface area contributed by atoms with Gasteiger partial charge in [0.2, 0.25) is 0 Å². The summed E-state index contributed by atoms with van der Waals surface area (Å²) in [5, 5.41) is 3.33. The summed E-state index contributed by atoms with van der Waals surface area (Å²) in [5.74, 6) is 1.21. The van der Waals surface area contributed by atoms with E-state index in [1.165, 1.54) is 0 Å². The van der Waals surface area contributed by atoms with Gasteiger partial charge in [-0.15, -0.1) is 0 Å². The lowest BCUT2D eigenvalue weighted by Crippen LogP contribution is -2.34. The van der Waals surface area contributed by atoms with Crippen molar-refractivity contribution in [2.75, 3.05) is 13.1 Å². The molecule has 2 bridgehead atoms. The molecule has 3 aliphatic rings. The highest BCUT2D eigenvalue weighted by Gasteiger charge is 2.65. The van der Waals surface area contributed by atoms with Crippen molar-refractivity contribution >= 4 is 11.7 Å². The molecule has 3 fully saturated rings. The molecule has 2 aliphatic carbocycles. The number of benzene rings is 1. The summed E-state index contributed by atoms with van der Waals surface area (Å²) in [6.45, 7) is 7.82. The summed E-state index contributed by atoms with van der Waals surface area (Å²) in [6.07, 6.45) is 1.98. The Balaban J connectivity index is 1.77. The van der Waals surface area contributed by atoms with Crippen LogP contribution in [0.1, 0.15) is 44.0 Å². The molecule has 0 spiro atoms. The third kappa shape index (κ3) is 1.80. The Morgan fingerprint density at radius 2 is 1.92 bits per heavy atom. The van der Waals surface area contributed by atoms with E-state index in [1.54, 1.807) is 4.90 Å². The van der Waals surface area contributed by atoms with Crippen LogP contribution in [0.2, 0.25) is 0 Å². The first kappa shape index (κ1) is 15.4. The fourth-order valence-electron chi connectivity index (χ4n) is 4.81. The van der Waals surface area contributed by atoms with Crippen molar-refractivity contribution in [2.45, 2.75) is 33.6 Å². The van der Waals surface area contributed by atoms with Crippen molar-refractivity contribution in [1.29, 1.82) is 0 Å². The lowest BCUT2D eigenvalue weighted by atomic mass is 9.70. The molecule has 2 unspecified atom stereocenters. The van der Waals surface area contributed by atoms with Crippen molar-refractivity contribution in [2.24, 2.45) is 16.7 Å². The number of nitrogens with one attached hydrogen (secondary N) is 1. The maximum Gasteiger partial charge on any atom is 0.259 e. The average molecular weight is 324 g/mol. The summed E-state index contributed by atoms with van der Waals surface area (Å²) in [4.78, 5) is 27.8. The van der Waals surface area contributed by atoms with Gasteiger partial charge < -0.3 is 5.32 Å². The minimum Gasteiger partial charge on any atom is -0.369 e. The SMILES string of the molecule is CC12CCC(/C(=C3/NCCN3C(=O)c3ccccc3)C1=O)C2(C)C. The Morgan fingerprint density at radius 3 is 2.54 bits per heavy atom. The smallest absolute Gasteiger partial charge is 0.259 e. The van der Waals surface area contributed by atoms with Crippen LogP contribution >= 0.6 is 0 Å². The van der Waals surface area contributed by atoms with E-state index in [2.05, 4.69) is 26.1 Å². The number of carbonyl (C=O) groups excluding carboxylic acids is 2. The molecule has 4 heteroatoms. The Bertz CT molecular complexity index is 750. The first-order valence-electron chi connectivity index (χ1n) is 8.78. The maximum absolute atomic E-state index is 13.2. The van der Waals surface area contributed by atoms with Crippen LogP contribution in [-0.4, -0.2) is 29.7 Å². The van der Waals surface area contributed by atoms with Crippen LogP contribution in [0.4, 0.5) is 0 Å². The van der Waals surface area contributed by atoms with Gasteiger partial charge in [0.05, 0.1) is 0 Å². The van der Waals surface area contributed by atoms with Gasteiger partial charge in [0, 0.05) is 29.6 Å². The van der Waals surface area contributed by atoms with E-state index in [-0.39, 0.29) is 28.4 Å². The highest BCUT2D eigenvalue weighted by Crippen LogP contribution is 2.66. The van der Waals surface area contributed by atoms with Gasteiger partial charge in [-0.25, -0.2) is 0 Å². The number of carbonyl (C=O) groups is 2. The molecule has 2 saturated carbocycles. The third-order valence-electron chi connectivity index (χ3n) is 6.74. The second-order valence-electron chi connectivity index (χ2n) is 7.99. The molecule has 1 aromatic carbocycles. The number of ketones is 1. The molecular weight excluding hydrogens is 300 g/mol. The minimum absolute atomic E-state index is 0.0263. The predicted molar refractivity (Wildman–Crippen MR) is 92.1 cm³/mol. The van der Waals surface area contributed by atoms with E-state index in [4.69, 9.17) is 0 Å². The van der Waals surface area contributed by atoms with Crippen LogP contribution in [0.15, 0.2) is 41.7 Å². The number of hydrogen-bond acceptors (Lipinski definition) is 3. The molecule has 2 atom stereocenters. The highest BCUT2D eigenvalue weighted by atomic mass is 16.2. The zero-order chi connectivity index (χ0) is 17.1. The van der Waals surface area contributed by atoms with E-state index in [0.29, 0.717) is 18.7 Å². The van der Waals surface area contributed by atoms with Crippen LogP contribution in [-0.2, 0) is 4.79 Å². The molecule has 24 heavy (non-hydrogen) atoms. The predicted octanol–water partition coefficient (Wildman–Crippen LogP) is 2.97.